The van der Waals surface area contributed by atoms with Crippen molar-refractivity contribution in [3.8, 4) is 0 Å². The quantitative estimate of drug-likeness (QED) is 0.137. The van der Waals surface area contributed by atoms with E-state index in [1.54, 1.807) is 45.0 Å². The number of rotatable bonds is 16. The number of benzene rings is 1. The maximum absolute atomic E-state index is 12.7. The summed E-state index contributed by atoms with van der Waals surface area (Å²) in [6.45, 7) is 8.45. The number of carboxylic acids is 1. The lowest BCUT2D eigenvalue weighted by Crippen LogP contribution is -2.51. The molecule has 0 fully saturated rings. The number of ketones is 2. The predicted molar refractivity (Wildman–Crippen MR) is 168 cm³/mol. The second kappa shape index (κ2) is 20.6. The van der Waals surface area contributed by atoms with Gasteiger partial charge in [-0.05, 0) is 71.4 Å². The summed E-state index contributed by atoms with van der Waals surface area (Å²) in [5.41, 5.74) is 0.721. The number of hydrogen-bond donors (Lipinski definition) is 5. The summed E-state index contributed by atoms with van der Waals surface area (Å²) in [6, 6.07) is 3.98. The number of ether oxygens (including phenoxy) is 1. The molecule has 0 aliphatic carbocycles. The van der Waals surface area contributed by atoms with E-state index in [1.165, 1.54) is 13.8 Å². The van der Waals surface area contributed by atoms with Gasteiger partial charge >= 0.3 is 24.0 Å². The van der Waals surface area contributed by atoms with Crippen LogP contribution in [0.3, 0.4) is 0 Å². The Balaban J connectivity index is 0. The summed E-state index contributed by atoms with van der Waals surface area (Å²) >= 11 is 0. The molecule has 1 rings (SSSR count). The largest absolute Gasteiger partial charge is 0.481 e. The summed E-state index contributed by atoms with van der Waals surface area (Å²) in [7, 11) is 0. The lowest BCUT2D eigenvalue weighted by atomic mass is 10.1. The standard InChI is InChI=1S/C28H42N4O8.2H2S/c1-18(33)9-14-22(19(2)34)31-27(39)32-23(25(37)40-28(3,4)5)8-6-7-15-29-26(38)30-17-21-12-10-20(11-13-21)16-24(35)36;;/h10-13,22-23H,6-9,14-17H2,1-5H3,(H,35,36)(H2,29,30,38)(H2,31,32,39);2*1H2/t22-,23-;;/m0../s1. The Bertz CT molecular complexity index is 1050. The number of carbonyl (C=O) groups excluding carboxylic acids is 5. The highest BCUT2D eigenvalue weighted by Crippen LogP contribution is 2.12. The molecule has 0 heterocycles. The number of hydrogen-bond acceptors (Lipinski definition) is 7. The molecule has 0 aliphatic heterocycles. The van der Waals surface area contributed by atoms with E-state index in [0.717, 1.165) is 5.56 Å². The number of esters is 1. The molecule has 0 radical (unpaired) electrons. The van der Waals surface area contributed by atoms with Gasteiger partial charge in [0.1, 0.15) is 17.4 Å². The van der Waals surface area contributed by atoms with E-state index in [0.29, 0.717) is 24.9 Å². The number of nitrogens with one attached hydrogen (secondary N) is 4. The molecular weight excluding hydrogens is 584 g/mol. The first-order chi connectivity index (χ1) is 18.7. The number of Topliss-reactive ketones (excluding diaryl/α,β-unsaturated/α-hetero) is 2. The summed E-state index contributed by atoms with van der Waals surface area (Å²) in [5.74, 6) is -1.94. The number of aliphatic carboxylic acids is 1. The molecule has 5 N–H and O–H groups in total. The average molecular weight is 631 g/mol. The molecule has 0 aromatic heterocycles. The molecule has 2 atom stereocenters. The summed E-state index contributed by atoms with van der Waals surface area (Å²) in [6.07, 6.45) is 1.49. The Morgan fingerprint density at radius 2 is 1.38 bits per heavy atom. The van der Waals surface area contributed by atoms with Crippen LogP contribution in [0.5, 0.6) is 0 Å². The van der Waals surface area contributed by atoms with Crippen LogP contribution in [0.4, 0.5) is 9.59 Å². The van der Waals surface area contributed by atoms with Crippen molar-refractivity contribution in [2.45, 2.75) is 97.4 Å². The van der Waals surface area contributed by atoms with Gasteiger partial charge in [0.05, 0.1) is 12.5 Å². The lowest BCUT2D eigenvalue weighted by Gasteiger charge is -2.25. The molecule has 4 amide bonds. The Morgan fingerprint density at radius 3 is 1.90 bits per heavy atom. The fraction of sp³-hybridized carbons (Fsp3) is 0.571. The van der Waals surface area contributed by atoms with Crippen LogP contribution in [0, 0.1) is 0 Å². The molecule has 238 valence electrons. The second-order valence-corrected chi connectivity index (χ2v) is 10.6. The van der Waals surface area contributed by atoms with Gasteiger partial charge in [-0.3, -0.25) is 9.59 Å². The zero-order valence-electron chi connectivity index (χ0n) is 24.9. The van der Waals surface area contributed by atoms with Gasteiger partial charge in [0.15, 0.2) is 5.78 Å². The van der Waals surface area contributed by atoms with Gasteiger partial charge in [-0.1, -0.05) is 24.3 Å². The van der Waals surface area contributed by atoms with Crippen LogP contribution in [0.15, 0.2) is 24.3 Å². The summed E-state index contributed by atoms with van der Waals surface area (Å²) < 4.78 is 5.43. The van der Waals surface area contributed by atoms with E-state index in [2.05, 4.69) is 21.3 Å². The first kappa shape index (κ1) is 40.9. The molecule has 42 heavy (non-hydrogen) atoms. The number of carbonyl (C=O) groups is 6. The molecule has 0 saturated heterocycles. The molecule has 0 bridgehead atoms. The minimum atomic E-state index is -0.974. The molecule has 0 spiro atoms. The van der Waals surface area contributed by atoms with Gasteiger partial charge < -0.3 is 35.9 Å². The topological polar surface area (TPSA) is 180 Å². The molecule has 0 unspecified atom stereocenters. The third-order valence-corrected chi connectivity index (χ3v) is 5.61. The fourth-order valence-corrected chi connectivity index (χ4v) is 3.57. The van der Waals surface area contributed by atoms with Crippen LogP contribution in [0.25, 0.3) is 0 Å². The van der Waals surface area contributed by atoms with Crippen molar-refractivity contribution in [3.05, 3.63) is 35.4 Å². The van der Waals surface area contributed by atoms with Crippen molar-refractivity contribution in [2.24, 2.45) is 0 Å². The number of amides is 4. The summed E-state index contributed by atoms with van der Waals surface area (Å²) in [5, 5.41) is 19.4. The Kier molecular flexibility index (Phi) is 20.0. The summed E-state index contributed by atoms with van der Waals surface area (Å²) in [4.78, 5) is 71.3. The maximum atomic E-state index is 12.7. The van der Waals surface area contributed by atoms with Crippen molar-refractivity contribution < 1.29 is 38.6 Å². The predicted octanol–water partition coefficient (Wildman–Crippen LogP) is 2.85. The molecular formula is C28H46N4O8S2. The van der Waals surface area contributed by atoms with Gasteiger partial charge in [0, 0.05) is 19.5 Å². The normalized spacial score (nSPS) is 11.8. The van der Waals surface area contributed by atoms with Crippen LogP contribution >= 0.6 is 27.0 Å². The smallest absolute Gasteiger partial charge is 0.329 e. The molecule has 12 nitrogen and oxygen atoms in total. The fourth-order valence-electron chi connectivity index (χ4n) is 3.57. The first-order valence-corrected chi connectivity index (χ1v) is 13.3. The van der Waals surface area contributed by atoms with Crippen LogP contribution < -0.4 is 21.3 Å². The van der Waals surface area contributed by atoms with E-state index in [1.807, 2.05) is 0 Å². The van der Waals surface area contributed by atoms with E-state index in [-0.39, 0.29) is 76.8 Å². The van der Waals surface area contributed by atoms with Crippen molar-refractivity contribution in [1.82, 2.24) is 21.3 Å². The van der Waals surface area contributed by atoms with Gasteiger partial charge in [-0.25, -0.2) is 14.4 Å². The number of urea groups is 2. The van der Waals surface area contributed by atoms with Crippen LogP contribution in [-0.4, -0.2) is 64.9 Å². The van der Waals surface area contributed by atoms with Crippen LogP contribution in [0.1, 0.15) is 77.8 Å². The van der Waals surface area contributed by atoms with Gasteiger partial charge in [0.25, 0.3) is 0 Å². The Morgan fingerprint density at radius 1 is 0.810 bits per heavy atom. The van der Waals surface area contributed by atoms with Crippen LogP contribution in [-0.2, 0) is 36.9 Å². The van der Waals surface area contributed by atoms with E-state index in [4.69, 9.17) is 9.84 Å². The van der Waals surface area contributed by atoms with Gasteiger partial charge in [0.2, 0.25) is 0 Å². The lowest BCUT2D eigenvalue weighted by molar-refractivity contribution is -0.157. The van der Waals surface area contributed by atoms with E-state index < -0.39 is 35.7 Å². The van der Waals surface area contributed by atoms with Gasteiger partial charge in [-0.2, -0.15) is 27.0 Å². The van der Waals surface area contributed by atoms with Crippen molar-refractivity contribution >= 4 is 62.6 Å². The highest BCUT2D eigenvalue weighted by atomic mass is 32.1. The molecule has 0 aliphatic rings. The highest BCUT2D eigenvalue weighted by molar-refractivity contribution is 7.59. The van der Waals surface area contributed by atoms with Crippen molar-refractivity contribution in [1.29, 1.82) is 0 Å². The Hall–Kier alpha value is -3.26. The Labute approximate surface area is 261 Å². The first-order valence-electron chi connectivity index (χ1n) is 13.3. The maximum Gasteiger partial charge on any atom is 0.329 e. The molecule has 1 aromatic rings. The zero-order valence-corrected chi connectivity index (χ0v) is 26.9. The number of unbranched alkanes of at least 4 members (excludes halogenated alkanes) is 1. The van der Waals surface area contributed by atoms with E-state index >= 15 is 0 Å². The third-order valence-electron chi connectivity index (χ3n) is 5.61. The molecule has 1 aromatic carbocycles. The second-order valence-electron chi connectivity index (χ2n) is 10.6. The van der Waals surface area contributed by atoms with Crippen molar-refractivity contribution in [2.75, 3.05) is 6.54 Å². The van der Waals surface area contributed by atoms with Crippen molar-refractivity contribution in [3.63, 3.8) is 0 Å². The third kappa shape index (κ3) is 19.0. The SMILES string of the molecule is CC(=O)CC[C@H](NC(=O)N[C@@H](CCCCNC(=O)NCc1ccc(CC(=O)O)cc1)C(=O)OC(C)(C)C)C(C)=O.S.S. The minimum Gasteiger partial charge on any atom is -0.481 e. The van der Waals surface area contributed by atoms with Gasteiger partial charge in [-0.15, -0.1) is 0 Å². The van der Waals surface area contributed by atoms with E-state index in [9.17, 15) is 28.8 Å². The highest BCUT2D eigenvalue weighted by Gasteiger charge is 2.27. The molecule has 0 saturated carbocycles. The van der Waals surface area contributed by atoms with Crippen LogP contribution in [0.2, 0.25) is 0 Å². The average Bonchev–Trinajstić information content (AvgIpc) is 2.83. The minimum absolute atomic E-state index is 0. The zero-order chi connectivity index (χ0) is 30.3. The molecule has 14 heteroatoms. The monoisotopic (exact) mass is 630 g/mol. The number of carboxylic acid groups (broad SMARTS) is 1.